The van der Waals surface area contributed by atoms with E-state index in [9.17, 15) is 0 Å². The molecule has 1 N–H and O–H groups in total. The summed E-state index contributed by atoms with van der Waals surface area (Å²) in [5.74, 6) is 0. The monoisotopic (exact) mass is 319 g/mol. The lowest BCUT2D eigenvalue weighted by Gasteiger charge is -2.33. The maximum atomic E-state index is 5.95. The van der Waals surface area contributed by atoms with E-state index in [2.05, 4.69) is 28.3 Å². The standard InChI is InChI=1S/C14H21N3O.2ClH/c1-17(10-11-4-2-6-15-8-11)13-9-16-12-5-3-7-18-14(12)13;;/h2,4,6,8,12-14,16H,3,5,7,9-10H2,1H3;2*1H/t12-,13-,14+;;/m1../s1. The summed E-state index contributed by atoms with van der Waals surface area (Å²) < 4.78 is 5.95. The van der Waals surface area contributed by atoms with Gasteiger partial charge < -0.3 is 10.1 Å². The molecule has 2 aliphatic rings. The van der Waals surface area contributed by atoms with E-state index in [0.717, 1.165) is 19.7 Å². The predicted molar refractivity (Wildman–Crippen MR) is 84.8 cm³/mol. The van der Waals surface area contributed by atoms with E-state index in [1.165, 1.54) is 18.4 Å². The highest BCUT2D eigenvalue weighted by Crippen LogP contribution is 2.25. The third kappa shape index (κ3) is 3.83. The van der Waals surface area contributed by atoms with Crippen molar-refractivity contribution in [3.8, 4) is 0 Å². The van der Waals surface area contributed by atoms with Gasteiger partial charge in [-0.05, 0) is 31.5 Å². The first-order valence-corrected chi connectivity index (χ1v) is 6.79. The van der Waals surface area contributed by atoms with E-state index in [0.29, 0.717) is 18.2 Å². The van der Waals surface area contributed by atoms with Gasteiger partial charge in [0.15, 0.2) is 0 Å². The van der Waals surface area contributed by atoms with Crippen LogP contribution in [0, 0.1) is 0 Å². The van der Waals surface area contributed by atoms with Crippen LogP contribution in [0.5, 0.6) is 0 Å². The van der Waals surface area contributed by atoms with Gasteiger partial charge in [-0.1, -0.05) is 6.07 Å². The molecule has 2 aliphatic heterocycles. The van der Waals surface area contributed by atoms with Crippen molar-refractivity contribution in [2.75, 3.05) is 20.2 Å². The summed E-state index contributed by atoms with van der Waals surface area (Å²) in [4.78, 5) is 6.56. The second kappa shape index (κ2) is 8.15. The molecule has 0 amide bonds. The van der Waals surface area contributed by atoms with Gasteiger partial charge in [-0.3, -0.25) is 9.88 Å². The third-order valence-corrected chi connectivity index (χ3v) is 4.06. The van der Waals surface area contributed by atoms with Crippen LogP contribution < -0.4 is 5.32 Å². The second-order valence-electron chi connectivity index (χ2n) is 5.34. The van der Waals surface area contributed by atoms with E-state index in [4.69, 9.17) is 4.74 Å². The summed E-state index contributed by atoms with van der Waals surface area (Å²) in [7, 11) is 2.18. The quantitative estimate of drug-likeness (QED) is 0.923. The first kappa shape index (κ1) is 17.7. The molecule has 4 nitrogen and oxygen atoms in total. The normalized spacial score (nSPS) is 28.4. The zero-order chi connectivity index (χ0) is 12.4. The van der Waals surface area contributed by atoms with Crippen LogP contribution in [0.1, 0.15) is 18.4 Å². The van der Waals surface area contributed by atoms with E-state index in [-0.39, 0.29) is 24.8 Å². The lowest BCUT2D eigenvalue weighted by molar-refractivity contribution is -0.0265. The molecule has 2 fully saturated rings. The van der Waals surface area contributed by atoms with Gasteiger partial charge in [-0.2, -0.15) is 0 Å². The highest BCUT2D eigenvalue weighted by Gasteiger charge is 2.40. The van der Waals surface area contributed by atoms with Crippen molar-refractivity contribution in [3.63, 3.8) is 0 Å². The number of likely N-dealkylation sites (N-methyl/N-ethyl adjacent to an activating group) is 1. The Hall–Kier alpha value is -0.390. The van der Waals surface area contributed by atoms with Crippen LogP contribution in [-0.2, 0) is 11.3 Å². The van der Waals surface area contributed by atoms with Crippen LogP contribution in [0.25, 0.3) is 0 Å². The molecular formula is C14H23Cl2N3O. The molecule has 3 heterocycles. The van der Waals surface area contributed by atoms with E-state index >= 15 is 0 Å². The number of fused-ring (bicyclic) bond motifs is 1. The molecule has 0 aromatic carbocycles. The minimum Gasteiger partial charge on any atom is -0.375 e. The van der Waals surface area contributed by atoms with Gasteiger partial charge in [0.05, 0.1) is 6.10 Å². The molecule has 1 aromatic rings. The molecule has 114 valence electrons. The zero-order valence-corrected chi connectivity index (χ0v) is 13.3. The van der Waals surface area contributed by atoms with Crippen molar-refractivity contribution >= 4 is 24.8 Å². The highest BCUT2D eigenvalue weighted by molar-refractivity contribution is 5.85. The van der Waals surface area contributed by atoms with Crippen molar-refractivity contribution < 1.29 is 4.74 Å². The fourth-order valence-corrected chi connectivity index (χ4v) is 3.09. The molecule has 0 radical (unpaired) electrons. The fourth-order valence-electron chi connectivity index (χ4n) is 3.09. The molecule has 0 spiro atoms. The van der Waals surface area contributed by atoms with Crippen molar-refractivity contribution in [3.05, 3.63) is 30.1 Å². The largest absolute Gasteiger partial charge is 0.375 e. The van der Waals surface area contributed by atoms with Crippen molar-refractivity contribution in [2.24, 2.45) is 0 Å². The zero-order valence-electron chi connectivity index (χ0n) is 11.7. The maximum Gasteiger partial charge on any atom is 0.0895 e. The summed E-state index contributed by atoms with van der Waals surface area (Å²) >= 11 is 0. The number of pyridine rings is 1. The molecule has 3 rings (SSSR count). The Labute approximate surface area is 133 Å². The van der Waals surface area contributed by atoms with Crippen molar-refractivity contribution in [1.82, 2.24) is 15.2 Å². The third-order valence-electron chi connectivity index (χ3n) is 4.06. The summed E-state index contributed by atoms with van der Waals surface area (Å²) in [5.41, 5.74) is 1.26. The van der Waals surface area contributed by atoms with Crippen LogP contribution in [-0.4, -0.2) is 48.3 Å². The van der Waals surface area contributed by atoms with Gasteiger partial charge in [-0.25, -0.2) is 0 Å². The smallest absolute Gasteiger partial charge is 0.0895 e. The van der Waals surface area contributed by atoms with Crippen LogP contribution in [0.4, 0.5) is 0 Å². The number of nitrogens with zero attached hydrogens (tertiary/aromatic N) is 2. The molecule has 0 unspecified atom stereocenters. The molecule has 0 aliphatic carbocycles. The molecule has 0 saturated carbocycles. The Bertz CT molecular complexity index is 393. The highest BCUT2D eigenvalue weighted by atomic mass is 35.5. The second-order valence-corrected chi connectivity index (χ2v) is 5.34. The van der Waals surface area contributed by atoms with Gasteiger partial charge in [0.25, 0.3) is 0 Å². The molecule has 0 bridgehead atoms. The molecule has 1 aromatic heterocycles. The summed E-state index contributed by atoms with van der Waals surface area (Å²) in [5, 5.41) is 3.59. The van der Waals surface area contributed by atoms with Gasteiger partial charge >= 0.3 is 0 Å². The van der Waals surface area contributed by atoms with E-state index in [1.54, 1.807) is 0 Å². The number of hydrogen-bond donors (Lipinski definition) is 1. The minimum atomic E-state index is 0. The maximum absolute atomic E-state index is 5.95. The molecule has 6 heteroatoms. The Morgan fingerprint density at radius 1 is 1.45 bits per heavy atom. The van der Waals surface area contributed by atoms with Crippen LogP contribution in [0.2, 0.25) is 0 Å². The number of hydrogen-bond acceptors (Lipinski definition) is 4. The van der Waals surface area contributed by atoms with Gasteiger partial charge in [0.2, 0.25) is 0 Å². The first-order chi connectivity index (χ1) is 8.84. The van der Waals surface area contributed by atoms with Crippen LogP contribution in [0.15, 0.2) is 24.5 Å². The lowest BCUT2D eigenvalue weighted by atomic mass is 10.0. The molecule has 3 atom stereocenters. The summed E-state index contributed by atoms with van der Waals surface area (Å²) in [6.45, 7) is 2.89. The number of ether oxygens (including phenoxy) is 1. The summed E-state index contributed by atoms with van der Waals surface area (Å²) in [6.07, 6.45) is 6.56. The minimum absolute atomic E-state index is 0. The van der Waals surface area contributed by atoms with E-state index in [1.807, 2.05) is 18.5 Å². The van der Waals surface area contributed by atoms with Crippen molar-refractivity contribution in [1.29, 1.82) is 0 Å². The lowest BCUT2D eigenvalue weighted by Crippen LogP contribution is -2.45. The summed E-state index contributed by atoms with van der Waals surface area (Å²) in [6, 6.07) is 5.16. The van der Waals surface area contributed by atoms with Crippen LogP contribution in [0.3, 0.4) is 0 Å². The average Bonchev–Trinajstić information content (AvgIpc) is 2.84. The fraction of sp³-hybridized carbons (Fsp3) is 0.643. The van der Waals surface area contributed by atoms with E-state index < -0.39 is 0 Å². The number of aromatic nitrogens is 1. The SMILES string of the molecule is CN(Cc1cccnc1)[C@@H]1CN[C@@H]2CCCO[C@H]12.Cl.Cl. The first-order valence-electron chi connectivity index (χ1n) is 6.79. The van der Waals surface area contributed by atoms with Gasteiger partial charge in [0, 0.05) is 44.2 Å². The Balaban J connectivity index is 0.000001000. The number of rotatable bonds is 3. The Kier molecular flexibility index (Phi) is 7.20. The average molecular weight is 320 g/mol. The number of nitrogens with one attached hydrogen (secondary N) is 1. The number of halogens is 2. The predicted octanol–water partition coefficient (Wildman–Crippen LogP) is 1.88. The van der Waals surface area contributed by atoms with Gasteiger partial charge in [-0.15, -0.1) is 24.8 Å². The topological polar surface area (TPSA) is 37.4 Å². The molecule has 2 saturated heterocycles. The van der Waals surface area contributed by atoms with Gasteiger partial charge in [0.1, 0.15) is 0 Å². The van der Waals surface area contributed by atoms with Crippen molar-refractivity contribution in [2.45, 2.75) is 37.6 Å². The molecule has 20 heavy (non-hydrogen) atoms. The Morgan fingerprint density at radius 3 is 3.05 bits per heavy atom. The molecular weight excluding hydrogens is 297 g/mol. The Morgan fingerprint density at radius 2 is 2.30 bits per heavy atom. The van der Waals surface area contributed by atoms with Crippen LogP contribution >= 0.6 is 24.8 Å².